The van der Waals surface area contributed by atoms with E-state index in [0.717, 1.165) is 55.3 Å². The topological polar surface area (TPSA) is 40.5 Å². The van der Waals surface area contributed by atoms with E-state index in [2.05, 4.69) is 34.6 Å². The fourth-order valence-corrected chi connectivity index (χ4v) is 9.30. The standard InChI is InChI=1S/C27H48O2/c1-17(2)7-6-8-18(3)21-9-10-22-20-16-25(29)24-15-19(28)11-13-27(24,5)23(20)12-14-26(21,22)4/h17-25,28-29H,6-16H2,1-5H3/t18?,19-,20-,21+,22-,23-,24+,25-,26+,27+/m0/s1. The molecule has 4 aliphatic carbocycles. The van der Waals surface area contributed by atoms with Gasteiger partial charge in [0.15, 0.2) is 0 Å². The Labute approximate surface area is 180 Å². The second kappa shape index (κ2) is 8.12. The van der Waals surface area contributed by atoms with Gasteiger partial charge in [0, 0.05) is 0 Å². The molecular weight excluding hydrogens is 356 g/mol. The van der Waals surface area contributed by atoms with Gasteiger partial charge in [0.05, 0.1) is 12.2 Å². The average Bonchev–Trinajstić information content (AvgIpc) is 3.00. The van der Waals surface area contributed by atoms with Gasteiger partial charge in [-0.1, -0.05) is 53.9 Å². The minimum atomic E-state index is -0.193. The lowest BCUT2D eigenvalue weighted by atomic mass is 9.44. The predicted molar refractivity (Wildman–Crippen MR) is 120 cm³/mol. The highest BCUT2D eigenvalue weighted by atomic mass is 16.3. The molecule has 2 nitrogen and oxygen atoms in total. The van der Waals surface area contributed by atoms with Gasteiger partial charge >= 0.3 is 0 Å². The van der Waals surface area contributed by atoms with Crippen LogP contribution in [0.25, 0.3) is 0 Å². The number of hydrogen-bond donors (Lipinski definition) is 2. The molecule has 0 radical (unpaired) electrons. The van der Waals surface area contributed by atoms with Crippen LogP contribution in [0.5, 0.6) is 0 Å². The average molecular weight is 405 g/mol. The fourth-order valence-electron chi connectivity index (χ4n) is 9.30. The summed E-state index contributed by atoms with van der Waals surface area (Å²) in [5, 5.41) is 21.4. The SMILES string of the molecule is CC(C)CCCC(C)[C@H]1CC[C@H]2[C@@H]3C[C@H](O)[C@H]4C[C@@H](O)CC[C@]4(C)[C@H]3CC[C@]12C. The van der Waals surface area contributed by atoms with Crippen LogP contribution >= 0.6 is 0 Å². The number of fused-ring (bicyclic) bond motifs is 5. The summed E-state index contributed by atoms with van der Waals surface area (Å²) in [5.41, 5.74) is 0.749. The van der Waals surface area contributed by atoms with Gasteiger partial charge in [-0.05, 0) is 104 Å². The van der Waals surface area contributed by atoms with Crippen LogP contribution in [0.15, 0.2) is 0 Å². The van der Waals surface area contributed by atoms with Gasteiger partial charge in [-0.3, -0.25) is 0 Å². The van der Waals surface area contributed by atoms with Crippen LogP contribution in [-0.2, 0) is 0 Å². The normalized spacial score (nSPS) is 50.7. The van der Waals surface area contributed by atoms with Crippen LogP contribution in [0.4, 0.5) is 0 Å². The molecule has 168 valence electrons. The lowest BCUT2D eigenvalue weighted by molar-refractivity contribution is -0.172. The minimum absolute atomic E-state index is 0.185. The smallest absolute Gasteiger partial charge is 0.0577 e. The van der Waals surface area contributed by atoms with Crippen molar-refractivity contribution >= 4 is 0 Å². The summed E-state index contributed by atoms with van der Waals surface area (Å²) in [5.74, 6) is 5.20. The molecule has 0 saturated heterocycles. The second-order valence-electron chi connectivity index (χ2n) is 12.8. The Morgan fingerprint density at radius 1 is 0.793 bits per heavy atom. The summed E-state index contributed by atoms with van der Waals surface area (Å²) in [6, 6.07) is 0. The Morgan fingerprint density at radius 3 is 2.21 bits per heavy atom. The Morgan fingerprint density at radius 2 is 1.48 bits per heavy atom. The lowest BCUT2D eigenvalue weighted by Crippen LogP contribution is -2.58. The van der Waals surface area contributed by atoms with E-state index in [-0.39, 0.29) is 17.6 Å². The van der Waals surface area contributed by atoms with Crippen molar-refractivity contribution in [2.45, 2.75) is 117 Å². The van der Waals surface area contributed by atoms with E-state index < -0.39 is 0 Å². The van der Waals surface area contributed by atoms with Gasteiger partial charge in [0.1, 0.15) is 0 Å². The molecule has 0 heterocycles. The van der Waals surface area contributed by atoms with Crippen LogP contribution in [0.1, 0.15) is 105 Å². The van der Waals surface area contributed by atoms with E-state index in [4.69, 9.17) is 0 Å². The predicted octanol–water partition coefficient (Wildman–Crippen LogP) is 6.44. The number of rotatable bonds is 5. The van der Waals surface area contributed by atoms with Crippen molar-refractivity contribution in [2.24, 2.45) is 52.3 Å². The first-order chi connectivity index (χ1) is 13.7. The zero-order valence-corrected chi connectivity index (χ0v) is 19.9. The Bertz CT molecular complexity index is 573. The maximum atomic E-state index is 11.2. The summed E-state index contributed by atoms with van der Waals surface area (Å²) in [6.45, 7) is 12.4. The van der Waals surface area contributed by atoms with Crippen molar-refractivity contribution in [2.75, 3.05) is 0 Å². The molecule has 0 spiro atoms. The van der Waals surface area contributed by atoms with Crippen LogP contribution in [0.2, 0.25) is 0 Å². The maximum absolute atomic E-state index is 11.2. The summed E-state index contributed by atoms with van der Waals surface area (Å²) >= 11 is 0. The third-order valence-electron chi connectivity index (χ3n) is 10.9. The quantitative estimate of drug-likeness (QED) is 0.553. The van der Waals surface area contributed by atoms with Gasteiger partial charge in [-0.15, -0.1) is 0 Å². The molecule has 0 amide bonds. The van der Waals surface area contributed by atoms with Gasteiger partial charge in [0.2, 0.25) is 0 Å². The van der Waals surface area contributed by atoms with E-state index in [1.807, 2.05) is 0 Å². The largest absolute Gasteiger partial charge is 0.393 e. The Balaban J connectivity index is 1.50. The molecule has 0 aromatic carbocycles. The van der Waals surface area contributed by atoms with E-state index >= 15 is 0 Å². The third kappa shape index (κ3) is 3.73. The van der Waals surface area contributed by atoms with Crippen LogP contribution in [-0.4, -0.2) is 22.4 Å². The molecule has 0 aromatic rings. The first kappa shape index (κ1) is 22.1. The molecule has 4 aliphatic rings. The number of aliphatic hydroxyl groups excluding tert-OH is 2. The van der Waals surface area contributed by atoms with Crippen molar-refractivity contribution in [3.63, 3.8) is 0 Å². The summed E-state index contributed by atoms with van der Waals surface area (Å²) in [7, 11) is 0. The maximum Gasteiger partial charge on any atom is 0.0577 e. The van der Waals surface area contributed by atoms with Gasteiger partial charge in [-0.25, -0.2) is 0 Å². The van der Waals surface area contributed by atoms with Crippen LogP contribution in [0.3, 0.4) is 0 Å². The van der Waals surface area contributed by atoms with E-state index in [1.54, 1.807) is 0 Å². The van der Waals surface area contributed by atoms with Gasteiger partial charge < -0.3 is 10.2 Å². The van der Waals surface area contributed by atoms with E-state index in [9.17, 15) is 10.2 Å². The zero-order valence-electron chi connectivity index (χ0n) is 19.9. The highest BCUT2D eigenvalue weighted by Gasteiger charge is 2.62. The lowest BCUT2D eigenvalue weighted by Gasteiger charge is -2.62. The van der Waals surface area contributed by atoms with Crippen LogP contribution in [0, 0.1) is 52.3 Å². The monoisotopic (exact) mass is 404 g/mol. The first-order valence-electron chi connectivity index (χ1n) is 13.0. The number of hydrogen-bond acceptors (Lipinski definition) is 2. The summed E-state index contributed by atoms with van der Waals surface area (Å²) in [6.07, 6.45) is 13.3. The van der Waals surface area contributed by atoms with Gasteiger partial charge in [-0.2, -0.15) is 0 Å². The molecule has 2 N–H and O–H groups in total. The second-order valence-corrected chi connectivity index (χ2v) is 12.8. The molecule has 0 bridgehead atoms. The van der Waals surface area contributed by atoms with Crippen molar-refractivity contribution in [3.05, 3.63) is 0 Å². The Hall–Kier alpha value is -0.0800. The molecule has 1 unspecified atom stereocenters. The molecule has 10 atom stereocenters. The van der Waals surface area contributed by atoms with Crippen molar-refractivity contribution in [1.29, 1.82) is 0 Å². The molecule has 4 saturated carbocycles. The molecule has 4 rings (SSSR count). The van der Waals surface area contributed by atoms with Crippen molar-refractivity contribution in [3.8, 4) is 0 Å². The first-order valence-corrected chi connectivity index (χ1v) is 13.0. The molecule has 0 aliphatic heterocycles. The summed E-state index contributed by atoms with van der Waals surface area (Å²) in [4.78, 5) is 0. The van der Waals surface area contributed by atoms with Crippen molar-refractivity contribution in [1.82, 2.24) is 0 Å². The zero-order chi connectivity index (χ0) is 21.0. The minimum Gasteiger partial charge on any atom is -0.393 e. The van der Waals surface area contributed by atoms with Crippen molar-refractivity contribution < 1.29 is 10.2 Å². The van der Waals surface area contributed by atoms with Crippen LogP contribution < -0.4 is 0 Å². The molecule has 4 fully saturated rings. The molecule has 2 heteroatoms. The number of aliphatic hydroxyl groups is 2. The Kier molecular flexibility index (Phi) is 6.19. The summed E-state index contributed by atoms with van der Waals surface area (Å²) < 4.78 is 0. The highest BCUT2D eigenvalue weighted by Crippen LogP contribution is 2.68. The molecule has 0 aromatic heterocycles. The van der Waals surface area contributed by atoms with Gasteiger partial charge in [0.25, 0.3) is 0 Å². The highest BCUT2D eigenvalue weighted by molar-refractivity contribution is 5.11. The molecule has 29 heavy (non-hydrogen) atoms. The fraction of sp³-hybridized carbons (Fsp3) is 1.00. The molecular formula is C27H48O2. The van der Waals surface area contributed by atoms with E-state index in [1.165, 1.54) is 44.9 Å². The van der Waals surface area contributed by atoms with E-state index in [0.29, 0.717) is 17.3 Å². The third-order valence-corrected chi connectivity index (χ3v) is 10.9.